The summed E-state index contributed by atoms with van der Waals surface area (Å²) in [6.07, 6.45) is 5.25. The van der Waals surface area contributed by atoms with Crippen LogP contribution in [0.1, 0.15) is 29.6 Å². The molecule has 1 fully saturated rings. The lowest BCUT2D eigenvalue weighted by Crippen LogP contribution is -2.30. The highest BCUT2D eigenvalue weighted by Gasteiger charge is 2.23. The first-order chi connectivity index (χ1) is 9.66. The van der Waals surface area contributed by atoms with Crippen LogP contribution in [0.2, 0.25) is 0 Å². The number of aromatic carboxylic acids is 1. The zero-order valence-corrected chi connectivity index (χ0v) is 11.5. The summed E-state index contributed by atoms with van der Waals surface area (Å²) in [6, 6.07) is 7.71. The van der Waals surface area contributed by atoms with E-state index in [-0.39, 0.29) is 5.56 Å². The zero-order valence-electron chi connectivity index (χ0n) is 11.5. The van der Waals surface area contributed by atoms with Gasteiger partial charge in [0, 0.05) is 25.2 Å². The Morgan fingerprint density at radius 3 is 2.80 bits per heavy atom. The Kier molecular flexibility index (Phi) is 3.30. The highest BCUT2D eigenvalue weighted by Crippen LogP contribution is 2.33. The monoisotopic (exact) mass is 270 g/mol. The molecule has 1 aliphatic carbocycles. The van der Waals surface area contributed by atoms with E-state index in [1.165, 1.54) is 25.5 Å². The molecule has 2 aromatic rings. The van der Waals surface area contributed by atoms with Crippen LogP contribution in [0.25, 0.3) is 10.9 Å². The molecule has 0 atom stereocenters. The van der Waals surface area contributed by atoms with Gasteiger partial charge in [-0.2, -0.15) is 0 Å². The number of para-hydroxylation sites is 1. The minimum Gasteiger partial charge on any atom is -0.478 e. The van der Waals surface area contributed by atoms with Crippen LogP contribution in [-0.4, -0.2) is 29.7 Å². The number of anilines is 1. The molecule has 0 aliphatic heterocycles. The van der Waals surface area contributed by atoms with Gasteiger partial charge in [0.2, 0.25) is 0 Å². The van der Waals surface area contributed by atoms with Crippen molar-refractivity contribution in [2.24, 2.45) is 5.92 Å². The number of hydrogen-bond donors (Lipinski definition) is 1. The number of rotatable bonds is 4. The lowest BCUT2D eigenvalue weighted by molar-refractivity contribution is 0.0697. The Bertz CT molecular complexity index is 650. The predicted octanol–water partition coefficient (Wildman–Crippen LogP) is 3.17. The Morgan fingerprint density at radius 1 is 1.40 bits per heavy atom. The minimum atomic E-state index is -0.918. The van der Waals surface area contributed by atoms with Gasteiger partial charge in [0.15, 0.2) is 0 Å². The predicted molar refractivity (Wildman–Crippen MR) is 79.3 cm³/mol. The maximum atomic E-state index is 11.5. The summed E-state index contributed by atoms with van der Waals surface area (Å²) < 4.78 is 0. The van der Waals surface area contributed by atoms with E-state index in [0.29, 0.717) is 5.92 Å². The Balaban J connectivity index is 2.08. The lowest BCUT2D eigenvalue weighted by Gasteiger charge is -2.32. The molecule has 4 heteroatoms. The van der Waals surface area contributed by atoms with Gasteiger partial charge in [0.1, 0.15) is 5.56 Å². The summed E-state index contributed by atoms with van der Waals surface area (Å²) >= 11 is 0. The van der Waals surface area contributed by atoms with Crippen molar-refractivity contribution in [3.63, 3.8) is 0 Å². The van der Waals surface area contributed by atoms with E-state index in [2.05, 4.69) is 9.88 Å². The zero-order chi connectivity index (χ0) is 14.1. The summed E-state index contributed by atoms with van der Waals surface area (Å²) in [7, 11) is 1.98. The second-order valence-electron chi connectivity index (χ2n) is 5.52. The van der Waals surface area contributed by atoms with Crippen molar-refractivity contribution in [2.45, 2.75) is 19.3 Å². The molecule has 104 valence electrons. The molecule has 1 heterocycles. The number of carboxylic acid groups (broad SMARTS) is 1. The fourth-order valence-corrected chi connectivity index (χ4v) is 2.85. The third-order valence-electron chi connectivity index (χ3n) is 4.12. The van der Waals surface area contributed by atoms with Crippen molar-refractivity contribution >= 4 is 22.6 Å². The van der Waals surface area contributed by atoms with Crippen LogP contribution in [0.3, 0.4) is 0 Å². The number of aromatic nitrogens is 1. The molecule has 0 spiro atoms. The first kappa shape index (κ1) is 12.9. The van der Waals surface area contributed by atoms with E-state index in [9.17, 15) is 9.90 Å². The molecule has 1 N–H and O–H groups in total. The number of pyridine rings is 1. The fraction of sp³-hybridized carbons (Fsp3) is 0.375. The topological polar surface area (TPSA) is 53.4 Å². The SMILES string of the molecule is CN(CC1CCC1)c1c(C(=O)O)cnc2ccccc12. The lowest BCUT2D eigenvalue weighted by atomic mass is 9.85. The number of carboxylic acids is 1. The second-order valence-corrected chi connectivity index (χ2v) is 5.52. The highest BCUT2D eigenvalue weighted by molar-refractivity contribution is 6.04. The van der Waals surface area contributed by atoms with Crippen molar-refractivity contribution in [3.05, 3.63) is 36.0 Å². The van der Waals surface area contributed by atoms with Gasteiger partial charge in [-0.1, -0.05) is 24.6 Å². The fourth-order valence-electron chi connectivity index (χ4n) is 2.85. The third-order valence-corrected chi connectivity index (χ3v) is 4.12. The Morgan fingerprint density at radius 2 is 2.15 bits per heavy atom. The average molecular weight is 270 g/mol. The second kappa shape index (κ2) is 5.12. The molecular weight excluding hydrogens is 252 g/mol. The average Bonchev–Trinajstić information content (AvgIpc) is 2.41. The molecule has 0 unspecified atom stereocenters. The van der Waals surface area contributed by atoms with Crippen LogP contribution in [-0.2, 0) is 0 Å². The van der Waals surface area contributed by atoms with Gasteiger partial charge in [0.05, 0.1) is 11.2 Å². The summed E-state index contributed by atoms with van der Waals surface area (Å²) in [5, 5.41) is 10.3. The van der Waals surface area contributed by atoms with Gasteiger partial charge in [-0.25, -0.2) is 4.79 Å². The molecule has 4 nitrogen and oxygen atoms in total. The molecule has 1 saturated carbocycles. The largest absolute Gasteiger partial charge is 0.478 e. The summed E-state index contributed by atoms with van der Waals surface area (Å²) in [5.41, 5.74) is 1.91. The number of hydrogen-bond acceptors (Lipinski definition) is 3. The maximum Gasteiger partial charge on any atom is 0.339 e. The Hall–Kier alpha value is -2.10. The van der Waals surface area contributed by atoms with Gasteiger partial charge < -0.3 is 10.0 Å². The van der Waals surface area contributed by atoms with Crippen LogP contribution >= 0.6 is 0 Å². The number of fused-ring (bicyclic) bond motifs is 1. The Labute approximate surface area is 118 Å². The van der Waals surface area contributed by atoms with Crippen LogP contribution < -0.4 is 4.90 Å². The maximum absolute atomic E-state index is 11.5. The van der Waals surface area contributed by atoms with Crippen LogP contribution in [0.15, 0.2) is 30.5 Å². The molecule has 0 saturated heterocycles. The minimum absolute atomic E-state index is 0.283. The van der Waals surface area contributed by atoms with Gasteiger partial charge in [-0.15, -0.1) is 0 Å². The molecule has 1 aliphatic rings. The molecule has 0 radical (unpaired) electrons. The summed E-state index contributed by atoms with van der Waals surface area (Å²) in [6.45, 7) is 0.911. The molecule has 1 aromatic carbocycles. The van der Waals surface area contributed by atoms with Crippen molar-refractivity contribution in [1.29, 1.82) is 0 Å². The van der Waals surface area contributed by atoms with Crippen molar-refractivity contribution in [3.8, 4) is 0 Å². The smallest absolute Gasteiger partial charge is 0.339 e. The highest BCUT2D eigenvalue weighted by atomic mass is 16.4. The van der Waals surface area contributed by atoms with Gasteiger partial charge in [-0.05, 0) is 24.8 Å². The van der Waals surface area contributed by atoms with Crippen molar-refractivity contribution in [1.82, 2.24) is 4.98 Å². The normalized spacial score (nSPS) is 15.1. The standard InChI is InChI=1S/C16H18N2O2/c1-18(10-11-5-4-6-11)15-12-7-2-3-8-14(12)17-9-13(15)16(19)20/h2-3,7-9,11H,4-6,10H2,1H3,(H,19,20). The first-order valence-corrected chi connectivity index (χ1v) is 6.99. The van der Waals surface area contributed by atoms with E-state index in [4.69, 9.17) is 0 Å². The van der Waals surface area contributed by atoms with Gasteiger partial charge in [-0.3, -0.25) is 4.98 Å². The van der Waals surface area contributed by atoms with E-state index >= 15 is 0 Å². The summed E-state index contributed by atoms with van der Waals surface area (Å²) in [4.78, 5) is 17.8. The van der Waals surface area contributed by atoms with Gasteiger partial charge in [0.25, 0.3) is 0 Å². The molecule has 1 aromatic heterocycles. The van der Waals surface area contributed by atoms with Gasteiger partial charge >= 0.3 is 5.97 Å². The number of nitrogens with zero attached hydrogens (tertiary/aromatic N) is 2. The quantitative estimate of drug-likeness (QED) is 0.927. The van der Waals surface area contributed by atoms with E-state index in [1.807, 2.05) is 31.3 Å². The van der Waals surface area contributed by atoms with E-state index in [1.54, 1.807) is 0 Å². The molecular formula is C16H18N2O2. The molecule has 20 heavy (non-hydrogen) atoms. The van der Waals surface area contributed by atoms with Crippen LogP contribution in [0.5, 0.6) is 0 Å². The molecule has 3 rings (SSSR count). The summed E-state index contributed by atoms with van der Waals surface area (Å²) in [5.74, 6) is -0.229. The van der Waals surface area contributed by atoms with Crippen LogP contribution in [0, 0.1) is 5.92 Å². The third kappa shape index (κ3) is 2.22. The van der Waals surface area contributed by atoms with Crippen LogP contribution in [0.4, 0.5) is 5.69 Å². The number of benzene rings is 1. The molecule has 0 bridgehead atoms. The first-order valence-electron chi connectivity index (χ1n) is 6.99. The van der Waals surface area contributed by atoms with E-state index in [0.717, 1.165) is 23.1 Å². The van der Waals surface area contributed by atoms with Crippen molar-refractivity contribution < 1.29 is 9.90 Å². The molecule has 0 amide bonds. The number of carbonyl (C=O) groups is 1. The van der Waals surface area contributed by atoms with E-state index < -0.39 is 5.97 Å². The van der Waals surface area contributed by atoms with Crippen molar-refractivity contribution in [2.75, 3.05) is 18.5 Å².